The van der Waals surface area contributed by atoms with E-state index in [9.17, 15) is 5.11 Å². The Bertz CT molecular complexity index is 381. The van der Waals surface area contributed by atoms with Gasteiger partial charge in [0.05, 0.1) is 13.7 Å². The van der Waals surface area contributed by atoms with Crippen molar-refractivity contribution >= 4 is 0 Å². The first-order chi connectivity index (χ1) is 7.67. The van der Waals surface area contributed by atoms with Crippen LogP contribution in [-0.2, 0) is 0 Å². The number of aryl methyl sites for hydroxylation is 2. The lowest BCUT2D eigenvalue weighted by Crippen LogP contribution is -2.09. The van der Waals surface area contributed by atoms with Crippen molar-refractivity contribution in [1.82, 2.24) is 0 Å². The lowest BCUT2D eigenvalue weighted by atomic mass is 9.90. The third-order valence-electron chi connectivity index (χ3n) is 3.57. The lowest BCUT2D eigenvalue weighted by Gasteiger charge is -2.18. The van der Waals surface area contributed by atoms with Crippen molar-refractivity contribution in [2.24, 2.45) is 5.92 Å². The van der Waals surface area contributed by atoms with Gasteiger partial charge < -0.3 is 9.84 Å². The molecular formula is C14H20O2. The molecule has 1 aromatic carbocycles. The zero-order chi connectivity index (χ0) is 11.7. The highest BCUT2D eigenvalue weighted by Crippen LogP contribution is 2.44. The molecular weight excluding hydrogens is 200 g/mol. The molecule has 16 heavy (non-hydrogen) atoms. The summed E-state index contributed by atoms with van der Waals surface area (Å²) in [6.07, 6.45) is 2.52. The summed E-state index contributed by atoms with van der Waals surface area (Å²) in [6, 6.07) is 4.25. The average Bonchev–Trinajstić information content (AvgIpc) is 3.08. The zero-order valence-corrected chi connectivity index (χ0v) is 10.3. The van der Waals surface area contributed by atoms with E-state index in [1.165, 1.54) is 24.0 Å². The third kappa shape index (κ3) is 2.07. The predicted octanol–water partition coefficient (Wildman–Crippen LogP) is 2.80. The standard InChI is InChI=1S/C14H20O2/c1-9-7-14(16-3)10(2)6-12(9)13(8-15)11-4-5-11/h6-7,11,13,15H,4-5,8H2,1-3H3. The molecule has 2 heteroatoms. The van der Waals surface area contributed by atoms with E-state index in [0.717, 1.165) is 11.3 Å². The Hall–Kier alpha value is -1.02. The molecule has 0 heterocycles. The van der Waals surface area contributed by atoms with Gasteiger partial charge in [-0.1, -0.05) is 6.07 Å². The third-order valence-corrected chi connectivity index (χ3v) is 3.57. The Labute approximate surface area is 97.3 Å². The Morgan fingerprint density at radius 3 is 2.50 bits per heavy atom. The van der Waals surface area contributed by atoms with E-state index in [2.05, 4.69) is 26.0 Å². The number of benzene rings is 1. The summed E-state index contributed by atoms with van der Waals surface area (Å²) in [4.78, 5) is 0. The van der Waals surface area contributed by atoms with Gasteiger partial charge in [-0.25, -0.2) is 0 Å². The van der Waals surface area contributed by atoms with Crippen LogP contribution in [-0.4, -0.2) is 18.8 Å². The number of rotatable bonds is 4. The molecule has 0 amide bonds. The van der Waals surface area contributed by atoms with Crippen molar-refractivity contribution in [2.45, 2.75) is 32.6 Å². The summed E-state index contributed by atoms with van der Waals surface area (Å²) >= 11 is 0. The molecule has 88 valence electrons. The highest BCUT2D eigenvalue weighted by atomic mass is 16.5. The van der Waals surface area contributed by atoms with Gasteiger partial charge in [-0.15, -0.1) is 0 Å². The van der Waals surface area contributed by atoms with Crippen molar-refractivity contribution in [3.8, 4) is 5.75 Å². The molecule has 1 N–H and O–H groups in total. The summed E-state index contributed by atoms with van der Waals surface area (Å²) in [5.74, 6) is 1.95. The van der Waals surface area contributed by atoms with Gasteiger partial charge in [-0.05, 0) is 55.4 Å². The van der Waals surface area contributed by atoms with Gasteiger partial charge in [0.2, 0.25) is 0 Å². The highest BCUT2D eigenvalue weighted by Gasteiger charge is 2.32. The van der Waals surface area contributed by atoms with Crippen LogP contribution in [0.1, 0.15) is 35.4 Å². The minimum Gasteiger partial charge on any atom is -0.496 e. The second-order valence-corrected chi connectivity index (χ2v) is 4.80. The molecule has 0 saturated heterocycles. The zero-order valence-electron chi connectivity index (χ0n) is 10.3. The molecule has 0 spiro atoms. The van der Waals surface area contributed by atoms with Gasteiger partial charge in [-0.3, -0.25) is 0 Å². The summed E-state index contributed by atoms with van der Waals surface area (Å²) in [7, 11) is 1.70. The van der Waals surface area contributed by atoms with E-state index in [1.54, 1.807) is 7.11 Å². The van der Waals surface area contributed by atoms with Crippen LogP contribution < -0.4 is 4.74 Å². The van der Waals surface area contributed by atoms with Crippen LogP contribution in [0.2, 0.25) is 0 Å². The summed E-state index contributed by atoms with van der Waals surface area (Å²) in [5.41, 5.74) is 3.68. The van der Waals surface area contributed by atoms with Crippen molar-refractivity contribution in [1.29, 1.82) is 0 Å². The Balaban J connectivity index is 2.36. The topological polar surface area (TPSA) is 29.5 Å². The smallest absolute Gasteiger partial charge is 0.122 e. The van der Waals surface area contributed by atoms with Crippen LogP contribution in [0, 0.1) is 19.8 Å². The number of ether oxygens (including phenoxy) is 1. The molecule has 2 rings (SSSR count). The largest absolute Gasteiger partial charge is 0.496 e. The summed E-state index contributed by atoms with van der Waals surface area (Å²) in [5, 5.41) is 9.50. The van der Waals surface area contributed by atoms with Gasteiger partial charge in [0.15, 0.2) is 0 Å². The second-order valence-electron chi connectivity index (χ2n) is 4.80. The maximum Gasteiger partial charge on any atom is 0.122 e. The van der Waals surface area contributed by atoms with Crippen LogP contribution in [0.5, 0.6) is 5.75 Å². The number of methoxy groups -OCH3 is 1. The summed E-state index contributed by atoms with van der Waals surface area (Å²) < 4.78 is 5.31. The van der Waals surface area contributed by atoms with E-state index < -0.39 is 0 Å². The van der Waals surface area contributed by atoms with Crippen LogP contribution in [0.15, 0.2) is 12.1 Å². The van der Waals surface area contributed by atoms with Gasteiger partial charge in [0.1, 0.15) is 5.75 Å². The monoisotopic (exact) mass is 220 g/mol. The molecule has 1 unspecified atom stereocenters. The maximum atomic E-state index is 9.50. The second kappa shape index (κ2) is 4.46. The first kappa shape index (κ1) is 11.5. The van der Waals surface area contributed by atoms with Crippen molar-refractivity contribution in [3.63, 3.8) is 0 Å². The van der Waals surface area contributed by atoms with E-state index in [0.29, 0.717) is 11.8 Å². The minimum atomic E-state index is 0.261. The molecule has 1 saturated carbocycles. The molecule has 0 aliphatic heterocycles. The van der Waals surface area contributed by atoms with Crippen molar-refractivity contribution in [3.05, 3.63) is 28.8 Å². The first-order valence-corrected chi connectivity index (χ1v) is 5.93. The first-order valence-electron chi connectivity index (χ1n) is 5.93. The van der Waals surface area contributed by atoms with Gasteiger partial charge in [0.25, 0.3) is 0 Å². The maximum absolute atomic E-state index is 9.50. The molecule has 0 aromatic heterocycles. The quantitative estimate of drug-likeness (QED) is 0.845. The number of aliphatic hydroxyl groups excluding tert-OH is 1. The van der Waals surface area contributed by atoms with Crippen LogP contribution in [0.25, 0.3) is 0 Å². The van der Waals surface area contributed by atoms with E-state index in [-0.39, 0.29) is 6.61 Å². The highest BCUT2D eigenvalue weighted by molar-refractivity contribution is 5.43. The van der Waals surface area contributed by atoms with Gasteiger partial charge >= 0.3 is 0 Å². The molecule has 2 nitrogen and oxygen atoms in total. The molecule has 1 aliphatic carbocycles. The van der Waals surface area contributed by atoms with Crippen molar-refractivity contribution < 1.29 is 9.84 Å². The van der Waals surface area contributed by atoms with Crippen LogP contribution in [0.3, 0.4) is 0 Å². The fraction of sp³-hybridized carbons (Fsp3) is 0.571. The van der Waals surface area contributed by atoms with E-state index >= 15 is 0 Å². The molecule has 0 bridgehead atoms. The minimum absolute atomic E-state index is 0.261. The SMILES string of the molecule is COc1cc(C)c(C(CO)C2CC2)cc1C. The fourth-order valence-corrected chi connectivity index (χ4v) is 2.43. The Morgan fingerprint density at radius 1 is 1.31 bits per heavy atom. The van der Waals surface area contributed by atoms with E-state index in [4.69, 9.17) is 4.74 Å². The Morgan fingerprint density at radius 2 is 2.00 bits per heavy atom. The summed E-state index contributed by atoms with van der Waals surface area (Å²) in [6.45, 7) is 4.42. The predicted molar refractivity (Wildman–Crippen MR) is 65.0 cm³/mol. The Kier molecular flexibility index (Phi) is 3.20. The lowest BCUT2D eigenvalue weighted by molar-refractivity contribution is 0.252. The normalized spacial score (nSPS) is 17.2. The number of hydrogen-bond acceptors (Lipinski definition) is 2. The van der Waals surface area contributed by atoms with Crippen molar-refractivity contribution in [2.75, 3.05) is 13.7 Å². The van der Waals surface area contributed by atoms with Gasteiger partial charge in [-0.2, -0.15) is 0 Å². The number of aliphatic hydroxyl groups is 1. The number of hydrogen-bond donors (Lipinski definition) is 1. The van der Waals surface area contributed by atoms with Crippen LogP contribution in [0.4, 0.5) is 0 Å². The molecule has 1 fully saturated rings. The molecule has 1 atom stereocenters. The van der Waals surface area contributed by atoms with E-state index in [1.807, 2.05) is 0 Å². The van der Waals surface area contributed by atoms with Crippen LogP contribution >= 0.6 is 0 Å². The fourth-order valence-electron chi connectivity index (χ4n) is 2.43. The molecule has 1 aromatic rings. The average molecular weight is 220 g/mol. The molecule has 1 aliphatic rings. The van der Waals surface area contributed by atoms with Gasteiger partial charge in [0, 0.05) is 5.92 Å². The molecule has 0 radical (unpaired) electrons.